The smallest absolute Gasteiger partial charge is 0.416 e. The van der Waals surface area contributed by atoms with E-state index in [2.05, 4.69) is 4.98 Å². The number of halogens is 3. The zero-order valence-corrected chi connectivity index (χ0v) is 14.7. The first-order valence-electron chi connectivity index (χ1n) is 8.43. The third-order valence-corrected chi connectivity index (χ3v) is 4.36. The van der Waals surface area contributed by atoms with E-state index in [9.17, 15) is 18.0 Å². The van der Waals surface area contributed by atoms with Crippen LogP contribution in [-0.4, -0.2) is 42.1 Å². The van der Waals surface area contributed by atoms with Crippen LogP contribution < -0.4 is 4.74 Å². The fourth-order valence-electron chi connectivity index (χ4n) is 2.84. The predicted molar refractivity (Wildman–Crippen MR) is 88.2 cm³/mol. The van der Waals surface area contributed by atoms with Gasteiger partial charge in [-0.05, 0) is 31.0 Å². The number of piperidine rings is 1. The number of rotatable bonds is 5. The van der Waals surface area contributed by atoms with Crippen LogP contribution in [-0.2, 0) is 17.5 Å². The fourth-order valence-corrected chi connectivity index (χ4v) is 2.84. The van der Waals surface area contributed by atoms with Crippen molar-refractivity contribution < 1.29 is 31.9 Å². The molecule has 2 aromatic rings. The Bertz CT molecular complexity index is 783. The summed E-state index contributed by atoms with van der Waals surface area (Å²) in [6, 6.07) is 4.52. The lowest BCUT2D eigenvalue weighted by Gasteiger charge is -2.30. The molecule has 0 radical (unpaired) electrons. The number of likely N-dealkylation sites (tertiary alicyclic amines) is 1. The number of oxazole rings is 1. The highest BCUT2D eigenvalue weighted by Crippen LogP contribution is 2.31. The Morgan fingerprint density at radius 3 is 2.74 bits per heavy atom. The summed E-state index contributed by atoms with van der Waals surface area (Å²) in [5.41, 5.74) is -0.656. The van der Waals surface area contributed by atoms with E-state index in [1.807, 2.05) is 0 Å². The maximum Gasteiger partial charge on any atom is 0.416 e. The molecule has 1 aliphatic heterocycles. The third-order valence-electron chi connectivity index (χ3n) is 4.36. The normalized spacial score (nSPS) is 15.8. The van der Waals surface area contributed by atoms with Crippen molar-refractivity contribution >= 4 is 5.91 Å². The SMILES string of the molecule is COC1CCN(C(=O)c2coc(COc3cccc(C(F)(F)F)c3)n2)CC1. The Balaban J connectivity index is 1.58. The number of carbonyl (C=O) groups excluding carboxylic acids is 1. The first-order valence-corrected chi connectivity index (χ1v) is 8.43. The van der Waals surface area contributed by atoms with Crippen molar-refractivity contribution in [3.8, 4) is 5.75 Å². The lowest BCUT2D eigenvalue weighted by molar-refractivity contribution is -0.137. The number of aromatic nitrogens is 1. The molecule has 3 rings (SSSR count). The quantitative estimate of drug-likeness (QED) is 0.789. The van der Waals surface area contributed by atoms with E-state index in [-0.39, 0.29) is 36.0 Å². The van der Waals surface area contributed by atoms with Gasteiger partial charge < -0.3 is 18.8 Å². The van der Waals surface area contributed by atoms with Gasteiger partial charge in [-0.15, -0.1) is 0 Å². The molecule has 0 aliphatic carbocycles. The molecule has 6 nitrogen and oxygen atoms in total. The zero-order valence-electron chi connectivity index (χ0n) is 14.7. The van der Waals surface area contributed by atoms with Crippen molar-refractivity contribution in [3.63, 3.8) is 0 Å². The second-order valence-electron chi connectivity index (χ2n) is 6.17. The molecule has 1 aromatic carbocycles. The molecule has 9 heteroatoms. The average Bonchev–Trinajstić information content (AvgIpc) is 3.14. The van der Waals surface area contributed by atoms with Gasteiger partial charge in [0.25, 0.3) is 5.91 Å². The van der Waals surface area contributed by atoms with Crippen LogP contribution in [0, 0.1) is 0 Å². The minimum atomic E-state index is -4.45. The molecule has 1 amide bonds. The summed E-state index contributed by atoms with van der Waals surface area (Å²) in [4.78, 5) is 18.2. The van der Waals surface area contributed by atoms with Crippen molar-refractivity contribution in [1.82, 2.24) is 9.88 Å². The van der Waals surface area contributed by atoms with E-state index in [1.54, 1.807) is 12.0 Å². The minimum Gasteiger partial charge on any atom is -0.484 e. The van der Waals surface area contributed by atoms with E-state index >= 15 is 0 Å². The van der Waals surface area contributed by atoms with E-state index in [4.69, 9.17) is 13.9 Å². The number of carbonyl (C=O) groups is 1. The average molecular weight is 384 g/mol. The van der Waals surface area contributed by atoms with E-state index in [0.29, 0.717) is 13.1 Å². The molecule has 2 heterocycles. The van der Waals surface area contributed by atoms with E-state index in [1.165, 1.54) is 18.4 Å². The summed E-state index contributed by atoms with van der Waals surface area (Å²) in [7, 11) is 1.65. The Hall–Kier alpha value is -2.55. The molecule has 0 saturated carbocycles. The number of hydrogen-bond donors (Lipinski definition) is 0. The monoisotopic (exact) mass is 384 g/mol. The molecule has 0 spiro atoms. The van der Waals surface area contributed by atoms with Crippen LogP contribution >= 0.6 is 0 Å². The Morgan fingerprint density at radius 1 is 1.33 bits per heavy atom. The van der Waals surface area contributed by atoms with Crippen molar-refractivity contribution in [3.05, 3.63) is 47.7 Å². The molecular weight excluding hydrogens is 365 g/mol. The van der Waals surface area contributed by atoms with Gasteiger partial charge in [0.1, 0.15) is 12.0 Å². The topological polar surface area (TPSA) is 64.8 Å². The second-order valence-corrected chi connectivity index (χ2v) is 6.17. The molecule has 0 unspecified atom stereocenters. The number of hydrogen-bond acceptors (Lipinski definition) is 5. The highest BCUT2D eigenvalue weighted by Gasteiger charge is 2.30. The highest BCUT2D eigenvalue weighted by molar-refractivity contribution is 5.92. The van der Waals surface area contributed by atoms with Crippen LogP contribution in [0.3, 0.4) is 0 Å². The minimum absolute atomic E-state index is 0.0394. The van der Waals surface area contributed by atoms with Crippen LogP contribution in [0.5, 0.6) is 5.75 Å². The summed E-state index contributed by atoms with van der Waals surface area (Å²) < 4.78 is 53.9. The van der Waals surface area contributed by atoms with Crippen LogP contribution in [0.1, 0.15) is 34.8 Å². The second kappa shape index (κ2) is 7.99. The lowest BCUT2D eigenvalue weighted by Crippen LogP contribution is -2.40. The van der Waals surface area contributed by atoms with Gasteiger partial charge in [0, 0.05) is 20.2 Å². The summed E-state index contributed by atoms with van der Waals surface area (Å²) in [6.45, 7) is 0.959. The van der Waals surface area contributed by atoms with Crippen molar-refractivity contribution in [2.75, 3.05) is 20.2 Å². The van der Waals surface area contributed by atoms with Crippen LogP contribution in [0.25, 0.3) is 0 Å². The van der Waals surface area contributed by atoms with Gasteiger partial charge in [-0.25, -0.2) is 4.98 Å². The van der Waals surface area contributed by atoms with Gasteiger partial charge in [0.2, 0.25) is 5.89 Å². The van der Waals surface area contributed by atoms with E-state index in [0.717, 1.165) is 25.0 Å². The third kappa shape index (κ3) is 4.79. The van der Waals surface area contributed by atoms with Crippen LogP contribution in [0.2, 0.25) is 0 Å². The zero-order chi connectivity index (χ0) is 19.4. The van der Waals surface area contributed by atoms with Gasteiger partial charge in [0.15, 0.2) is 12.3 Å². The number of methoxy groups -OCH3 is 1. The van der Waals surface area contributed by atoms with Crippen molar-refractivity contribution in [2.45, 2.75) is 31.7 Å². The number of alkyl halides is 3. The molecule has 1 fully saturated rings. The largest absolute Gasteiger partial charge is 0.484 e. The van der Waals surface area contributed by atoms with Gasteiger partial charge in [0.05, 0.1) is 11.7 Å². The Labute approximate surface area is 153 Å². The predicted octanol–water partition coefficient (Wildman–Crippen LogP) is 3.52. The van der Waals surface area contributed by atoms with Crippen molar-refractivity contribution in [2.24, 2.45) is 0 Å². The molecular formula is C18H19F3N2O4. The maximum absolute atomic E-state index is 12.7. The van der Waals surface area contributed by atoms with Gasteiger partial charge >= 0.3 is 6.18 Å². The fraction of sp³-hybridized carbons (Fsp3) is 0.444. The molecule has 0 atom stereocenters. The standard InChI is InChI=1S/C18H19F3N2O4/c1-25-13-5-7-23(8-6-13)17(24)15-10-27-16(22-15)11-26-14-4-2-3-12(9-14)18(19,20)21/h2-4,9-10,13H,5-8,11H2,1H3. The number of ether oxygens (including phenoxy) is 2. The summed E-state index contributed by atoms with van der Waals surface area (Å²) in [6.07, 6.45) is -1.55. The Morgan fingerprint density at radius 2 is 2.07 bits per heavy atom. The van der Waals surface area contributed by atoms with Crippen LogP contribution in [0.15, 0.2) is 34.9 Å². The number of amides is 1. The molecule has 146 valence electrons. The summed E-state index contributed by atoms with van der Waals surface area (Å²) >= 11 is 0. The molecule has 0 bridgehead atoms. The maximum atomic E-state index is 12.7. The lowest BCUT2D eigenvalue weighted by atomic mass is 10.1. The number of nitrogens with zero attached hydrogens (tertiary/aromatic N) is 2. The van der Waals surface area contributed by atoms with Gasteiger partial charge in [-0.2, -0.15) is 13.2 Å². The highest BCUT2D eigenvalue weighted by atomic mass is 19.4. The van der Waals surface area contributed by atoms with E-state index < -0.39 is 11.7 Å². The summed E-state index contributed by atoms with van der Waals surface area (Å²) in [5.74, 6) is -0.0984. The Kier molecular flexibility index (Phi) is 5.69. The number of benzene rings is 1. The molecule has 1 saturated heterocycles. The molecule has 1 aliphatic rings. The molecule has 0 N–H and O–H groups in total. The van der Waals surface area contributed by atoms with Crippen molar-refractivity contribution in [1.29, 1.82) is 0 Å². The first-order chi connectivity index (χ1) is 12.9. The first kappa shape index (κ1) is 19.2. The van der Waals surface area contributed by atoms with Gasteiger partial charge in [-0.3, -0.25) is 4.79 Å². The molecule has 27 heavy (non-hydrogen) atoms. The van der Waals surface area contributed by atoms with Gasteiger partial charge in [-0.1, -0.05) is 6.07 Å². The molecule has 1 aromatic heterocycles. The van der Waals surface area contributed by atoms with Crippen LogP contribution in [0.4, 0.5) is 13.2 Å². The summed E-state index contributed by atoms with van der Waals surface area (Å²) in [5, 5.41) is 0.